The minimum absolute atomic E-state index is 0.134. The van der Waals surface area contributed by atoms with Crippen LogP contribution >= 0.6 is 11.6 Å². The highest BCUT2D eigenvalue weighted by atomic mass is 35.5. The van der Waals surface area contributed by atoms with Crippen LogP contribution in [0.3, 0.4) is 0 Å². The van der Waals surface area contributed by atoms with Crippen LogP contribution in [0.15, 0.2) is 70.5 Å². The van der Waals surface area contributed by atoms with E-state index in [4.69, 9.17) is 11.6 Å². The summed E-state index contributed by atoms with van der Waals surface area (Å²) >= 11 is 6.28. The number of carbonyl (C=O) groups is 1. The first kappa shape index (κ1) is 22.5. The molecule has 0 bridgehead atoms. The van der Waals surface area contributed by atoms with Crippen LogP contribution < -0.4 is 5.32 Å². The van der Waals surface area contributed by atoms with Gasteiger partial charge in [-0.3, -0.25) is 4.79 Å². The Kier molecular flexibility index (Phi) is 5.23. The molecule has 9 heteroatoms. The monoisotopic (exact) mass is 489 g/mol. The third-order valence-electron chi connectivity index (χ3n) is 5.81. The molecule has 0 radical (unpaired) electrons. The van der Waals surface area contributed by atoms with Gasteiger partial charge in [-0.2, -0.15) is 0 Å². The van der Waals surface area contributed by atoms with E-state index in [2.05, 4.69) is 5.32 Å². The number of nitrogens with one attached hydrogen (secondary N) is 1. The minimum atomic E-state index is -3.42. The summed E-state index contributed by atoms with van der Waals surface area (Å²) in [5.41, 5.74) is 1.74. The molecule has 0 spiro atoms. The Morgan fingerprint density at radius 2 is 1.19 bits per heavy atom. The van der Waals surface area contributed by atoms with Gasteiger partial charge in [0.15, 0.2) is 19.7 Å². The smallest absolute Gasteiger partial charge is 0.244 e. The van der Waals surface area contributed by atoms with Crippen LogP contribution in [-0.2, 0) is 29.9 Å². The molecule has 6 nitrogen and oxygen atoms in total. The van der Waals surface area contributed by atoms with E-state index in [0.717, 1.165) is 12.5 Å². The Morgan fingerprint density at radius 3 is 1.59 bits per heavy atom. The van der Waals surface area contributed by atoms with Crippen molar-refractivity contribution in [3.63, 3.8) is 0 Å². The molecule has 0 fully saturated rings. The lowest BCUT2D eigenvalue weighted by Gasteiger charge is -2.29. The molecule has 1 amide bonds. The van der Waals surface area contributed by atoms with Gasteiger partial charge in [0.25, 0.3) is 0 Å². The van der Waals surface area contributed by atoms with E-state index in [1.165, 1.54) is 24.3 Å². The molecule has 0 atom stereocenters. The summed E-state index contributed by atoms with van der Waals surface area (Å²) in [4.78, 5) is 13.9. The normalized spacial score (nSPS) is 15.3. The number of rotatable bonds is 4. The lowest BCUT2D eigenvalue weighted by atomic mass is 9.70. The van der Waals surface area contributed by atoms with E-state index in [1.807, 2.05) is 0 Å². The first-order valence-corrected chi connectivity index (χ1v) is 13.7. The topological polar surface area (TPSA) is 97.4 Å². The van der Waals surface area contributed by atoms with Crippen LogP contribution in [0.5, 0.6) is 0 Å². The van der Waals surface area contributed by atoms with Gasteiger partial charge in [-0.05, 0) is 53.9 Å². The summed E-state index contributed by atoms with van der Waals surface area (Å²) in [6, 6.07) is 15.8. The Labute approximate surface area is 192 Å². The van der Waals surface area contributed by atoms with Gasteiger partial charge in [-0.1, -0.05) is 41.9 Å². The van der Waals surface area contributed by atoms with E-state index in [9.17, 15) is 21.6 Å². The van der Waals surface area contributed by atoms with Gasteiger partial charge >= 0.3 is 0 Å². The van der Waals surface area contributed by atoms with Crippen molar-refractivity contribution in [1.29, 1.82) is 0 Å². The van der Waals surface area contributed by atoms with E-state index >= 15 is 0 Å². The fourth-order valence-corrected chi connectivity index (χ4v) is 5.55. The summed E-state index contributed by atoms with van der Waals surface area (Å²) in [5.74, 6) is -0.336. The molecule has 1 heterocycles. The number of sulfone groups is 2. The summed E-state index contributed by atoms with van der Waals surface area (Å²) in [7, 11) is -6.84. The Bertz CT molecular complexity index is 1380. The average molecular weight is 490 g/mol. The number of hydrogen-bond donors (Lipinski definition) is 1. The van der Waals surface area contributed by atoms with Crippen LogP contribution in [0.4, 0.5) is 5.69 Å². The zero-order chi connectivity index (χ0) is 23.5. The number of carbonyl (C=O) groups excluding carboxylic acids is 1. The van der Waals surface area contributed by atoms with E-state index in [-0.39, 0.29) is 15.7 Å². The first-order chi connectivity index (χ1) is 14.9. The van der Waals surface area contributed by atoms with Gasteiger partial charge in [0.1, 0.15) is 5.41 Å². The number of amides is 1. The quantitative estimate of drug-likeness (QED) is 0.602. The van der Waals surface area contributed by atoms with Gasteiger partial charge in [-0.25, -0.2) is 16.8 Å². The molecule has 3 aromatic rings. The van der Waals surface area contributed by atoms with Crippen molar-refractivity contribution >= 4 is 42.9 Å². The Balaban J connectivity index is 2.04. The van der Waals surface area contributed by atoms with Gasteiger partial charge in [0, 0.05) is 23.1 Å². The fraction of sp³-hybridized carbons (Fsp3) is 0.174. The Morgan fingerprint density at radius 1 is 0.750 bits per heavy atom. The molecule has 1 aliphatic rings. The van der Waals surface area contributed by atoms with Crippen molar-refractivity contribution in [1.82, 2.24) is 0 Å². The van der Waals surface area contributed by atoms with Crippen molar-refractivity contribution in [3.8, 4) is 0 Å². The summed E-state index contributed by atoms with van der Waals surface area (Å²) in [6.45, 7) is 1.80. The third kappa shape index (κ3) is 3.43. The van der Waals surface area contributed by atoms with Crippen LogP contribution in [0.2, 0.25) is 5.02 Å². The Hall–Kier alpha value is -2.68. The molecule has 0 saturated carbocycles. The van der Waals surface area contributed by atoms with Crippen molar-refractivity contribution in [2.45, 2.75) is 22.1 Å². The third-order valence-corrected chi connectivity index (χ3v) is 8.48. The lowest BCUT2D eigenvalue weighted by Crippen LogP contribution is -2.37. The second-order valence-corrected chi connectivity index (χ2v) is 12.3. The van der Waals surface area contributed by atoms with Gasteiger partial charge in [0.2, 0.25) is 5.91 Å². The molecule has 1 N–H and O–H groups in total. The summed E-state index contributed by atoms with van der Waals surface area (Å²) in [6.07, 6.45) is 2.23. The van der Waals surface area contributed by atoms with Crippen LogP contribution in [0, 0.1) is 6.92 Å². The summed E-state index contributed by atoms with van der Waals surface area (Å²) in [5, 5.41) is 3.42. The highest BCUT2D eigenvalue weighted by molar-refractivity contribution is 7.91. The van der Waals surface area contributed by atoms with E-state index < -0.39 is 25.1 Å². The number of benzene rings is 3. The molecular formula is C23H20ClNO5S2. The minimum Gasteiger partial charge on any atom is -0.324 e. The molecule has 0 aromatic heterocycles. The van der Waals surface area contributed by atoms with E-state index in [0.29, 0.717) is 33.0 Å². The zero-order valence-electron chi connectivity index (χ0n) is 17.5. The van der Waals surface area contributed by atoms with Gasteiger partial charge < -0.3 is 5.32 Å². The van der Waals surface area contributed by atoms with Gasteiger partial charge in [0.05, 0.1) is 15.5 Å². The van der Waals surface area contributed by atoms with Crippen molar-refractivity contribution in [2.75, 3.05) is 17.8 Å². The molecule has 166 valence electrons. The SMILES string of the molecule is Cc1c(Cl)ccc2c1NC(=O)C2(c1ccc(S(C)(=O)=O)cc1)c1ccc(S(C)(=O)=O)cc1. The summed E-state index contributed by atoms with van der Waals surface area (Å²) < 4.78 is 47.8. The molecule has 32 heavy (non-hydrogen) atoms. The maximum Gasteiger partial charge on any atom is 0.244 e. The molecule has 1 aliphatic heterocycles. The highest BCUT2D eigenvalue weighted by Gasteiger charge is 2.50. The maximum absolute atomic E-state index is 13.6. The highest BCUT2D eigenvalue weighted by Crippen LogP contribution is 2.50. The van der Waals surface area contributed by atoms with Gasteiger partial charge in [-0.15, -0.1) is 0 Å². The molecule has 0 saturated heterocycles. The number of anilines is 1. The predicted molar refractivity (Wildman–Crippen MR) is 124 cm³/mol. The molecular weight excluding hydrogens is 470 g/mol. The largest absolute Gasteiger partial charge is 0.324 e. The first-order valence-electron chi connectivity index (χ1n) is 9.59. The molecule has 4 rings (SSSR count). The molecule has 0 aliphatic carbocycles. The maximum atomic E-state index is 13.6. The fourth-order valence-electron chi connectivity index (χ4n) is 4.13. The zero-order valence-corrected chi connectivity index (χ0v) is 19.9. The van der Waals surface area contributed by atoms with Crippen molar-refractivity contribution < 1.29 is 21.6 Å². The average Bonchev–Trinajstić information content (AvgIpc) is 3.03. The second-order valence-electron chi connectivity index (χ2n) is 7.89. The van der Waals surface area contributed by atoms with Crippen LogP contribution in [-0.4, -0.2) is 35.3 Å². The lowest BCUT2D eigenvalue weighted by molar-refractivity contribution is -0.118. The van der Waals surface area contributed by atoms with Crippen molar-refractivity contribution in [2.24, 2.45) is 0 Å². The predicted octanol–water partition coefficient (Wildman–Crippen LogP) is 3.74. The number of hydrogen-bond acceptors (Lipinski definition) is 5. The molecule has 0 unspecified atom stereocenters. The number of halogens is 1. The van der Waals surface area contributed by atoms with Crippen molar-refractivity contribution in [3.05, 3.63) is 87.9 Å². The van der Waals surface area contributed by atoms with E-state index in [1.54, 1.807) is 43.3 Å². The standard InChI is InChI=1S/C23H20ClNO5S2/c1-14-20(24)13-12-19-21(14)25-22(26)23(19,15-4-8-17(9-5-15)31(2,27)28)16-6-10-18(11-7-16)32(3,29)30/h4-13H,1-3H3,(H,25,26). The second kappa shape index (κ2) is 7.43. The molecule has 3 aromatic carbocycles. The van der Waals surface area contributed by atoms with Crippen LogP contribution in [0.25, 0.3) is 0 Å². The number of fused-ring (bicyclic) bond motifs is 1. The van der Waals surface area contributed by atoms with Crippen LogP contribution in [0.1, 0.15) is 22.3 Å².